The van der Waals surface area contributed by atoms with Crippen molar-refractivity contribution in [3.63, 3.8) is 0 Å². The molecule has 0 radical (unpaired) electrons. The SMILES string of the molecule is C=CCN(CCC)c1ccc(C(=O)O)c(C(F)(F)F)c1. The molecule has 20 heavy (non-hydrogen) atoms. The summed E-state index contributed by atoms with van der Waals surface area (Å²) in [6, 6.07) is 3.26. The summed E-state index contributed by atoms with van der Waals surface area (Å²) in [5, 5.41) is 8.84. The van der Waals surface area contributed by atoms with Gasteiger partial charge >= 0.3 is 12.1 Å². The molecule has 0 saturated carbocycles. The average molecular weight is 287 g/mol. The molecule has 0 spiro atoms. The molecule has 0 saturated heterocycles. The number of anilines is 1. The lowest BCUT2D eigenvalue weighted by atomic mass is 10.1. The molecule has 6 heteroatoms. The normalized spacial score (nSPS) is 11.2. The molecule has 0 heterocycles. The predicted octanol–water partition coefficient (Wildman–Crippen LogP) is 3.81. The summed E-state index contributed by atoms with van der Waals surface area (Å²) < 4.78 is 38.8. The second-order valence-electron chi connectivity index (χ2n) is 4.27. The lowest BCUT2D eigenvalue weighted by molar-refractivity contribution is -0.138. The smallest absolute Gasteiger partial charge is 0.417 e. The van der Waals surface area contributed by atoms with E-state index in [1.165, 1.54) is 6.07 Å². The third kappa shape index (κ3) is 3.76. The van der Waals surface area contributed by atoms with E-state index in [-0.39, 0.29) is 0 Å². The van der Waals surface area contributed by atoms with Gasteiger partial charge in [0.25, 0.3) is 0 Å². The van der Waals surface area contributed by atoms with Gasteiger partial charge in [0.05, 0.1) is 11.1 Å². The lowest BCUT2D eigenvalue weighted by Crippen LogP contribution is -2.25. The van der Waals surface area contributed by atoms with Crippen LogP contribution < -0.4 is 4.90 Å². The van der Waals surface area contributed by atoms with E-state index >= 15 is 0 Å². The van der Waals surface area contributed by atoms with Crippen LogP contribution in [0.25, 0.3) is 0 Å². The average Bonchev–Trinajstić information content (AvgIpc) is 2.36. The van der Waals surface area contributed by atoms with Gasteiger partial charge in [-0.1, -0.05) is 13.0 Å². The van der Waals surface area contributed by atoms with Gasteiger partial charge < -0.3 is 10.0 Å². The van der Waals surface area contributed by atoms with Crippen molar-refractivity contribution < 1.29 is 23.1 Å². The molecule has 0 aromatic heterocycles. The summed E-state index contributed by atoms with van der Waals surface area (Å²) in [6.07, 6.45) is -2.35. The van der Waals surface area contributed by atoms with Gasteiger partial charge in [-0.3, -0.25) is 0 Å². The van der Waals surface area contributed by atoms with E-state index in [1.807, 2.05) is 6.92 Å². The molecule has 0 bridgehead atoms. The van der Waals surface area contributed by atoms with Crippen molar-refractivity contribution in [3.8, 4) is 0 Å². The van der Waals surface area contributed by atoms with Gasteiger partial charge in [0.15, 0.2) is 0 Å². The molecule has 0 aliphatic heterocycles. The van der Waals surface area contributed by atoms with E-state index in [2.05, 4.69) is 6.58 Å². The Kier molecular flexibility index (Phi) is 5.19. The molecule has 3 nitrogen and oxygen atoms in total. The number of carbonyl (C=O) groups is 1. The highest BCUT2D eigenvalue weighted by Crippen LogP contribution is 2.34. The van der Waals surface area contributed by atoms with Crippen molar-refractivity contribution in [2.24, 2.45) is 0 Å². The van der Waals surface area contributed by atoms with E-state index < -0.39 is 23.3 Å². The van der Waals surface area contributed by atoms with E-state index in [0.717, 1.165) is 18.6 Å². The fraction of sp³-hybridized carbons (Fsp3) is 0.357. The van der Waals surface area contributed by atoms with Crippen molar-refractivity contribution >= 4 is 11.7 Å². The molecule has 0 unspecified atom stereocenters. The Hall–Kier alpha value is -1.98. The van der Waals surface area contributed by atoms with Crippen LogP contribution in [0, 0.1) is 0 Å². The van der Waals surface area contributed by atoms with Crippen molar-refractivity contribution in [1.29, 1.82) is 0 Å². The van der Waals surface area contributed by atoms with Crippen LogP contribution in [0.2, 0.25) is 0 Å². The fourth-order valence-electron chi connectivity index (χ4n) is 1.90. The molecule has 1 rings (SSSR count). The zero-order chi connectivity index (χ0) is 15.3. The third-order valence-electron chi connectivity index (χ3n) is 2.75. The molecule has 0 fully saturated rings. The topological polar surface area (TPSA) is 40.5 Å². The predicted molar refractivity (Wildman–Crippen MR) is 71.1 cm³/mol. The van der Waals surface area contributed by atoms with Crippen molar-refractivity contribution in [2.45, 2.75) is 19.5 Å². The van der Waals surface area contributed by atoms with Gasteiger partial charge in [-0.2, -0.15) is 13.2 Å². The maximum Gasteiger partial charge on any atom is 0.417 e. The van der Waals surface area contributed by atoms with Crippen LogP contribution in [0.15, 0.2) is 30.9 Å². The number of hydrogen-bond donors (Lipinski definition) is 1. The van der Waals surface area contributed by atoms with E-state index in [9.17, 15) is 18.0 Å². The van der Waals surface area contributed by atoms with Crippen LogP contribution in [0.5, 0.6) is 0 Å². The van der Waals surface area contributed by atoms with Crippen LogP contribution in [-0.2, 0) is 6.18 Å². The monoisotopic (exact) mass is 287 g/mol. The highest BCUT2D eigenvalue weighted by Gasteiger charge is 2.35. The summed E-state index contributed by atoms with van der Waals surface area (Å²) in [4.78, 5) is 12.6. The Labute approximate surface area is 115 Å². The first-order valence-electron chi connectivity index (χ1n) is 6.11. The minimum absolute atomic E-state index is 0.337. The van der Waals surface area contributed by atoms with Gasteiger partial charge in [0, 0.05) is 18.8 Å². The molecule has 1 N–H and O–H groups in total. The van der Waals surface area contributed by atoms with Crippen LogP contribution in [0.1, 0.15) is 29.3 Å². The number of aromatic carboxylic acids is 1. The van der Waals surface area contributed by atoms with Gasteiger partial charge in [-0.25, -0.2) is 4.79 Å². The Morgan fingerprint density at radius 1 is 1.45 bits per heavy atom. The first kappa shape index (κ1) is 16.1. The summed E-state index contributed by atoms with van der Waals surface area (Å²) in [6.45, 7) is 6.44. The minimum Gasteiger partial charge on any atom is -0.478 e. The zero-order valence-electron chi connectivity index (χ0n) is 11.1. The minimum atomic E-state index is -4.70. The highest BCUT2D eigenvalue weighted by atomic mass is 19.4. The van der Waals surface area contributed by atoms with Crippen LogP contribution >= 0.6 is 0 Å². The Morgan fingerprint density at radius 2 is 2.10 bits per heavy atom. The van der Waals surface area contributed by atoms with Crippen molar-refractivity contribution in [1.82, 2.24) is 0 Å². The van der Waals surface area contributed by atoms with Crippen LogP contribution in [0.3, 0.4) is 0 Å². The van der Waals surface area contributed by atoms with Gasteiger partial charge in [0.1, 0.15) is 0 Å². The quantitative estimate of drug-likeness (QED) is 0.809. The van der Waals surface area contributed by atoms with Gasteiger partial charge in [0.2, 0.25) is 0 Å². The van der Waals surface area contributed by atoms with Crippen molar-refractivity contribution in [2.75, 3.05) is 18.0 Å². The highest BCUT2D eigenvalue weighted by molar-refractivity contribution is 5.90. The number of nitrogens with zero attached hydrogens (tertiary/aromatic N) is 1. The van der Waals surface area contributed by atoms with E-state index in [1.54, 1.807) is 11.0 Å². The number of benzene rings is 1. The summed E-state index contributed by atoms with van der Waals surface area (Å²) in [5.74, 6) is -1.59. The van der Waals surface area contributed by atoms with Gasteiger partial charge in [-0.15, -0.1) is 6.58 Å². The molecule has 0 aliphatic rings. The summed E-state index contributed by atoms with van der Waals surface area (Å²) in [7, 11) is 0. The van der Waals surface area contributed by atoms with Gasteiger partial charge in [-0.05, 0) is 24.6 Å². The maximum atomic E-state index is 12.9. The number of halogens is 3. The Morgan fingerprint density at radius 3 is 2.55 bits per heavy atom. The zero-order valence-corrected chi connectivity index (χ0v) is 11.1. The molecule has 1 aromatic rings. The van der Waals surface area contributed by atoms with Crippen molar-refractivity contribution in [3.05, 3.63) is 42.0 Å². The largest absolute Gasteiger partial charge is 0.478 e. The Balaban J connectivity index is 3.30. The van der Waals surface area contributed by atoms with E-state index in [0.29, 0.717) is 18.8 Å². The molecule has 1 aromatic carbocycles. The summed E-state index contributed by atoms with van der Waals surface area (Å²) >= 11 is 0. The molecule has 0 amide bonds. The third-order valence-corrected chi connectivity index (χ3v) is 2.75. The lowest BCUT2D eigenvalue weighted by Gasteiger charge is -2.24. The molecule has 110 valence electrons. The number of carboxylic acids is 1. The standard InChI is InChI=1S/C14H16F3NO2/c1-3-7-18(8-4-2)10-5-6-11(13(19)20)12(9-10)14(15,16)17/h3,5-6,9H,1,4,7-8H2,2H3,(H,19,20). The van der Waals surface area contributed by atoms with Crippen LogP contribution in [-0.4, -0.2) is 24.2 Å². The second-order valence-corrected chi connectivity index (χ2v) is 4.27. The summed E-state index contributed by atoms with van der Waals surface area (Å²) in [5.41, 5.74) is -1.53. The van der Waals surface area contributed by atoms with Crippen LogP contribution in [0.4, 0.5) is 18.9 Å². The maximum absolute atomic E-state index is 12.9. The molecular weight excluding hydrogens is 271 g/mol. The van der Waals surface area contributed by atoms with E-state index in [4.69, 9.17) is 5.11 Å². The first-order chi connectivity index (χ1) is 9.31. The molecule has 0 aliphatic carbocycles. The molecule has 0 atom stereocenters. The number of alkyl halides is 3. The molecular formula is C14H16F3NO2. The number of hydrogen-bond acceptors (Lipinski definition) is 2. The Bertz CT molecular complexity index is 498. The number of carboxylic acid groups (broad SMARTS) is 1. The first-order valence-corrected chi connectivity index (χ1v) is 6.11. The number of rotatable bonds is 6. The second kappa shape index (κ2) is 6.45. The fourth-order valence-corrected chi connectivity index (χ4v) is 1.90.